The molecule has 0 aliphatic rings. The van der Waals surface area contributed by atoms with Crippen molar-refractivity contribution in [3.8, 4) is 11.4 Å². The highest BCUT2D eigenvalue weighted by Crippen LogP contribution is 2.13. The Balaban J connectivity index is 1.87. The van der Waals surface area contributed by atoms with Crippen molar-refractivity contribution in [3.63, 3.8) is 0 Å². The molecule has 0 spiro atoms. The fourth-order valence-corrected chi connectivity index (χ4v) is 2.29. The number of pyridine rings is 1. The second-order valence-corrected chi connectivity index (χ2v) is 5.06. The van der Waals surface area contributed by atoms with Gasteiger partial charge >= 0.3 is 0 Å². The van der Waals surface area contributed by atoms with E-state index >= 15 is 0 Å². The molecule has 1 heterocycles. The first-order valence-corrected chi connectivity index (χ1v) is 6.87. The van der Waals surface area contributed by atoms with Crippen molar-refractivity contribution in [1.29, 1.82) is 0 Å². The van der Waals surface area contributed by atoms with Crippen molar-refractivity contribution in [2.24, 2.45) is 0 Å². The molecule has 0 saturated carbocycles. The number of hydrogen-bond donors (Lipinski definition) is 1. The van der Waals surface area contributed by atoms with E-state index in [0.717, 1.165) is 11.1 Å². The Morgan fingerprint density at radius 1 is 0.909 bits per heavy atom. The lowest BCUT2D eigenvalue weighted by Crippen LogP contribution is -2.17. The molecule has 0 bridgehead atoms. The Morgan fingerprint density at radius 2 is 1.59 bits per heavy atom. The van der Waals surface area contributed by atoms with Crippen molar-refractivity contribution < 1.29 is 9.50 Å². The quantitative estimate of drug-likeness (QED) is 0.806. The molecule has 0 radical (unpaired) electrons. The molecule has 0 saturated heterocycles. The molecule has 22 heavy (non-hydrogen) atoms. The number of aromatic nitrogens is 1. The Kier molecular flexibility index (Phi) is 3.74. The summed E-state index contributed by atoms with van der Waals surface area (Å²) in [5.41, 5.74) is 2.36. The Hall–Kier alpha value is -2.88. The van der Waals surface area contributed by atoms with Gasteiger partial charge in [-0.05, 0) is 60.0 Å². The third kappa shape index (κ3) is 3.06. The third-order valence-corrected chi connectivity index (χ3v) is 3.43. The van der Waals surface area contributed by atoms with Gasteiger partial charge in [-0.3, -0.25) is 9.36 Å². The lowest BCUT2D eigenvalue weighted by Gasteiger charge is -2.07. The van der Waals surface area contributed by atoms with E-state index in [4.69, 9.17) is 0 Å². The number of hydrogen-bond acceptors (Lipinski definition) is 2. The first-order chi connectivity index (χ1) is 10.6. The zero-order valence-electron chi connectivity index (χ0n) is 11.7. The summed E-state index contributed by atoms with van der Waals surface area (Å²) in [7, 11) is 0. The predicted octanol–water partition coefficient (Wildman–Crippen LogP) is 3.27. The Morgan fingerprint density at radius 3 is 2.23 bits per heavy atom. The molecule has 0 fully saturated rings. The summed E-state index contributed by atoms with van der Waals surface area (Å²) in [5, 5.41) is 9.29. The number of halogens is 1. The van der Waals surface area contributed by atoms with Gasteiger partial charge in [-0.2, -0.15) is 0 Å². The number of rotatable bonds is 3. The van der Waals surface area contributed by atoms with Crippen LogP contribution in [0.2, 0.25) is 0 Å². The molecule has 2 aromatic carbocycles. The van der Waals surface area contributed by atoms with Crippen LogP contribution in [0.1, 0.15) is 11.1 Å². The van der Waals surface area contributed by atoms with Crippen LogP contribution in [-0.2, 0) is 6.42 Å². The van der Waals surface area contributed by atoms with Gasteiger partial charge in [0.05, 0.1) is 0 Å². The van der Waals surface area contributed by atoms with Crippen molar-refractivity contribution in [1.82, 2.24) is 4.57 Å². The highest BCUT2D eigenvalue weighted by molar-refractivity contribution is 5.37. The predicted molar refractivity (Wildman–Crippen MR) is 82.9 cm³/mol. The van der Waals surface area contributed by atoms with Gasteiger partial charge in [0.25, 0.3) is 5.56 Å². The van der Waals surface area contributed by atoms with E-state index in [-0.39, 0.29) is 17.1 Å². The number of phenolic OH excluding ortho intramolecular Hbond substituents is 1. The molecule has 3 aromatic rings. The molecular weight excluding hydrogens is 281 g/mol. The summed E-state index contributed by atoms with van der Waals surface area (Å²) >= 11 is 0. The van der Waals surface area contributed by atoms with Crippen molar-refractivity contribution in [2.45, 2.75) is 6.42 Å². The summed E-state index contributed by atoms with van der Waals surface area (Å²) in [6.45, 7) is 0. The standard InChI is InChI=1S/C18H14FNO2/c19-15-3-1-13(2-4-15)11-14-9-10-20(18(22)12-14)16-5-7-17(21)8-6-16/h1-10,12,21H,11H2. The molecule has 3 nitrogen and oxygen atoms in total. The summed E-state index contributed by atoms with van der Waals surface area (Å²) < 4.78 is 14.4. The molecule has 1 N–H and O–H groups in total. The first kappa shape index (κ1) is 14.1. The smallest absolute Gasteiger partial charge is 0.255 e. The highest BCUT2D eigenvalue weighted by atomic mass is 19.1. The van der Waals surface area contributed by atoms with E-state index in [1.165, 1.54) is 28.8 Å². The SMILES string of the molecule is O=c1cc(Cc2ccc(F)cc2)ccn1-c1ccc(O)cc1. The van der Waals surface area contributed by atoms with E-state index in [0.29, 0.717) is 12.1 Å². The van der Waals surface area contributed by atoms with Gasteiger partial charge in [0.2, 0.25) is 0 Å². The van der Waals surface area contributed by atoms with Crippen LogP contribution in [0, 0.1) is 5.82 Å². The molecule has 0 aliphatic carbocycles. The van der Waals surface area contributed by atoms with Gasteiger partial charge < -0.3 is 5.11 Å². The maximum atomic E-state index is 12.9. The van der Waals surface area contributed by atoms with E-state index in [1.807, 2.05) is 6.07 Å². The largest absolute Gasteiger partial charge is 0.508 e. The average molecular weight is 295 g/mol. The van der Waals surface area contributed by atoms with E-state index in [9.17, 15) is 14.3 Å². The van der Waals surface area contributed by atoms with Crippen LogP contribution in [0.25, 0.3) is 5.69 Å². The minimum absolute atomic E-state index is 0.148. The molecule has 0 amide bonds. The third-order valence-electron chi connectivity index (χ3n) is 3.43. The molecule has 3 rings (SSSR count). The van der Waals surface area contributed by atoms with Gasteiger partial charge in [-0.1, -0.05) is 12.1 Å². The number of phenols is 1. The monoisotopic (exact) mass is 295 g/mol. The van der Waals surface area contributed by atoms with Gasteiger partial charge in [-0.25, -0.2) is 4.39 Å². The second-order valence-electron chi connectivity index (χ2n) is 5.06. The summed E-state index contributed by atoms with van der Waals surface area (Å²) in [5.74, 6) is -0.115. The van der Waals surface area contributed by atoms with Gasteiger partial charge in [-0.15, -0.1) is 0 Å². The molecule has 4 heteroatoms. The van der Waals surface area contributed by atoms with Gasteiger partial charge in [0.15, 0.2) is 0 Å². The minimum atomic E-state index is -0.272. The fraction of sp³-hybridized carbons (Fsp3) is 0.0556. The normalized spacial score (nSPS) is 10.6. The van der Waals surface area contributed by atoms with E-state index < -0.39 is 0 Å². The Bertz CT molecular complexity index is 836. The molecule has 110 valence electrons. The molecule has 0 unspecified atom stereocenters. The fourth-order valence-electron chi connectivity index (χ4n) is 2.29. The maximum absolute atomic E-state index is 12.9. The Labute approximate surface area is 126 Å². The van der Waals surface area contributed by atoms with E-state index in [1.54, 1.807) is 36.5 Å². The topological polar surface area (TPSA) is 42.2 Å². The highest BCUT2D eigenvalue weighted by Gasteiger charge is 2.03. The summed E-state index contributed by atoms with van der Waals surface area (Å²) in [6, 6.07) is 16.1. The molecular formula is C18H14FNO2. The first-order valence-electron chi connectivity index (χ1n) is 6.87. The summed E-state index contributed by atoms with van der Waals surface area (Å²) in [4.78, 5) is 12.2. The summed E-state index contributed by atoms with van der Waals surface area (Å²) in [6.07, 6.45) is 2.28. The van der Waals surface area contributed by atoms with Crippen LogP contribution in [0.4, 0.5) is 4.39 Å². The average Bonchev–Trinajstić information content (AvgIpc) is 2.51. The lowest BCUT2D eigenvalue weighted by molar-refractivity contribution is 0.475. The van der Waals surface area contributed by atoms with Crippen LogP contribution in [0.3, 0.4) is 0 Å². The molecule has 1 aromatic heterocycles. The second kappa shape index (κ2) is 5.85. The number of nitrogens with zero attached hydrogens (tertiary/aromatic N) is 1. The van der Waals surface area contributed by atoms with E-state index in [2.05, 4.69) is 0 Å². The van der Waals surface area contributed by atoms with Crippen LogP contribution in [-0.4, -0.2) is 9.67 Å². The van der Waals surface area contributed by atoms with Gasteiger partial charge in [0.1, 0.15) is 11.6 Å². The maximum Gasteiger partial charge on any atom is 0.255 e. The van der Waals surface area contributed by atoms with Crippen LogP contribution < -0.4 is 5.56 Å². The molecule has 0 aliphatic heterocycles. The zero-order chi connectivity index (χ0) is 15.5. The molecule has 0 atom stereocenters. The van der Waals surface area contributed by atoms with Crippen molar-refractivity contribution in [3.05, 3.63) is 94.2 Å². The number of benzene rings is 2. The lowest BCUT2D eigenvalue weighted by atomic mass is 10.1. The zero-order valence-corrected chi connectivity index (χ0v) is 11.7. The van der Waals surface area contributed by atoms with Crippen LogP contribution >= 0.6 is 0 Å². The van der Waals surface area contributed by atoms with Crippen molar-refractivity contribution >= 4 is 0 Å². The minimum Gasteiger partial charge on any atom is -0.508 e. The number of aromatic hydroxyl groups is 1. The van der Waals surface area contributed by atoms with Gasteiger partial charge in [0, 0.05) is 18.0 Å². The van der Waals surface area contributed by atoms with Crippen LogP contribution in [0.15, 0.2) is 71.7 Å². The van der Waals surface area contributed by atoms with Crippen LogP contribution in [0.5, 0.6) is 5.75 Å². The van der Waals surface area contributed by atoms with Crippen molar-refractivity contribution in [2.75, 3.05) is 0 Å².